The van der Waals surface area contributed by atoms with E-state index < -0.39 is 0 Å². The van der Waals surface area contributed by atoms with Crippen LogP contribution in [0.3, 0.4) is 0 Å². The number of piperazine rings is 1. The van der Waals surface area contributed by atoms with Crippen molar-refractivity contribution in [2.75, 3.05) is 39.8 Å². The Kier molecular flexibility index (Phi) is 4.11. The van der Waals surface area contributed by atoms with Crippen molar-refractivity contribution >= 4 is 0 Å². The van der Waals surface area contributed by atoms with Crippen molar-refractivity contribution in [1.29, 1.82) is 0 Å². The van der Waals surface area contributed by atoms with Crippen LogP contribution in [0, 0.1) is 11.8 Å². The molecule has 0 radical (unpaired) electrons. The Morgan fingerprint density at radius 3 is 2.53 bits per heavy atom. The molecule has 2 fully saturated rings. The first-order valence-corrected chi connectivity index (χ1v) is 7.16. The molecule has 0 aromatic rings. The summed E-state index contributed by atoms with van der Waals surface area (Å²) in [6.45, 7) is 10.5. The fourth-order valence-electron chi connectivity index (χ4n) is 3.49. The predicted octanol–water partition coefficient (Wildman–Crippen LogP) is 1.39. The van der Waals surface area contributed by atoms with E-state index in [1.165, 1.54) is 45.4 Å². The minimum absolute atomic E-state index is 0.328. The van der Waals surface area contributed by atoms with Crippen molar-refractivity contribution < 1.29 is 0 Å². The van der Waals surface area contributed by atoms with Crippen LogP contribution in [0.5, 0.6) is 0 Å². The van der Waals surface area contributed by atoms with Gasteiger partial charge in [-0.05, 0) is 52.1 Å². The highest BCUT2D eigenvalue weighted by atomic mass is 15.3. The van der Waals surface area contributed by atoms with Crippen molar-refractivity contribution in [1.82, 2.24) is 9.80 Å². The first-order valence-electron chi connectivity index (χ1n) is 7.16. The largest absolute Gasteiger partial charge is 0.330 e. The van der Waals surface area contributed by atoms with Crippen LogP contribution in [-0.2, 0) is 0 Å². The summed E-state index contributed by atoms with van der Waals surface area (Å²) in [5, 5.41) is 0. The van der Waals surface area contributed by atoms with Gasteiger partial charge in [-0.15, -0.1) is 0 Å². The highest BCUT2D eigenvalue weighted by molar-refractivity contribution is 4.90. The van der Waals surface area contributed by atoms with Gasteiger partial charge in [0, 0.05) is 31.7 Å². The van der Waals surface area contributed by atoms with Gasteiger partial charge in [0.1, 0.15) is 0 Å². The molecular formula is C14H29N3. The summed E-state index contributed by atoms with van der Waals surface area (Å²) in [4.78, 5) is 5.15. The van der Waals surface area contributed by atoms with Gasteiger partial charge in [0.2, 0.25) is 0 Å². The summed E-state index contributed by atoms with van der Waals surface area (Å²) < 4.78 is 0. The molecule has 0 aromatic carbocycles. The molecule has 2 unspecified atom stereocenters. The third-order valence-electron chi connectivity index (χ3n) is 5.01. The standard InChI is InChI=1S/C14H29N3/c1-14(2)11-17(8-7-16(14)3)10-13-6-4-5-12(13)9-15/h12-13H,4-11,15H2,1-3H3. The van der Waals surface area contributed by atoms with E-state index in [1.54, 1.807) is 0 Å². The summed E-state index contributed by atoms with van der Waals surface area (Å²) in [5.41, 5.74) is 6.21. The first kappa shape index (κ1) is 13.3. The SMILES string of the molecule is CN1CCN(CC2CCCC2CN)CC1(C)C. The van der Waals surface area contributed by atoms with E-state index in [-0.39, 0.29) is 0 Å². The Balaban J connectivity index is 1.87. The zero-order valence-corrected chi connectivity index (χ0v) is 11.8. The van der Waals surface area contributed by atoms with Crippen LogP contribution in [0.4, 0.5) is 0 Å². The van der Waals surface area contributed by atoms with Crippen LogP contribution in [0.1, 0.15) is 33.1 Å². The third kappa shape index (κ3) is 3.01. The number of nitrogens with zero attached hydrogens (tertiary/aromatic N) is 2. The maximum Gasteiger partial charge on any atom is 0.0277 e. The number of hydrogen-bond acceptors (Lipinski definition) is 3. The van der Waals surface area contributed by atoms with Crippen LogP contribution >= 0.6 is 0 Å². The van der Waals surface area contributed by atoms with E-state index in [4.69, 9.17) is 5.73 Å². The van der Waals surface area contributed by atoms with E-state index in [9.17, 15) is 0 Å². The Hall–Kier alpha value is -0.120. The van der Waals surface area contributed by atoms with E-state index >= 15 is 0 Å². The van der Waals surface area contributed by atoms with E-state index in [0.717, 1.165) is 18.4 Å². The van der Waals surface area contributed by atoms with Crippen LogP contribution in [0.15, 0.2) is 0 Å². The number of likely N-dealkylation sites (N-methyl/N-ethyl adjacent to an activating group) is 1. The molecule has 1 saturated carbocycles. The van der Waals surface area contributed by atoms with Gasteiger partial charge < -0.3 is 5.73 Å². The third-order valence-corrected chi connectivity index (χ3v) is 5.01. The maximum absolute atomic E-state index is 5.88. The molecule has 17 heavy (non-hydrogen) atoms. The topological polar surface area (TPSA) is 32.5 Å². The fourth-order valence-corrected chi connectivity index (χ4v) is 3.49. The lowest BCUT2D eigenvalue weighted by molar-refractivity contribution is 0.0291. The Morgan fingerprint density at radius 2 is 1.88 bits per heavy atom. The smallest absolute Gasteiger partial charge is 0.0277 e. The van der Waals surface area contributed by atoms with Crippen molar-refractivity contribution in [2.45, 2.75) is 38.6 Å². The monoisotopic (exact) mass is 239 g/mol. The molecule has 3 nitrogen and oxygen atoms in total. The zero-order chi connectivity index (χ0) is 12.5. The number of rotatable bonds is 3. The Bertz CT molecular complexity index is 252. The van der Waals surface area contributed by atoms with Gasteiger partial charge in [0.15, 0.2) is 0 Å². The highest BCUT2D eigenvalue weighted by Crippen LogP contribution is 2.32. The Morgan fingerprint density at radius 1 is 1.18 bits per heavy atom. The average molecular weight is 239 g/mol. The van der Waals surface area contributed by atoms with Gasteiger partial charge in [0.25, 0.3) is 0 Å². The summed E-state index contributed by atoms with van der Waals surface area (Å²) >= 11 is 0. The summed E-state index contributed by atoms with van der Waals surface area (Å²) in [7, 11) is 2.25. The summed E-state index contributed by atoms with van der Waals surface area (Å²) in [6, 6.07) is 0. The quantitative estimate of drug-likeness (QED) is 0.808. The second-order valence-electron chi connectivity index (χ2n) is 6.66. The van der Waals surface area contributed by atoms with E-state index in [2.05, 4.69) is 30.7 Å². The molecule has 1 aliphatic heterocycles. The van der Waals surface area contributed by atoms with Crippen molar-refractivity contribution in [3.05, 3.63) is 0 Å². The lowest BCUT2D eigenvalue weighted by Crippen LogP contribution is -2.58. The van der Waals surface area contributed by atoms with Gasteiger partial charge in [-0.1, -0.05) is 6.42 Å². The minimum atomic E-state index is 0.328. The molecule has 2 N–H and O–H groups in total. The fraction of sp³-hybridized carbons (Fsp3) is 1.00. The Labute approximate surface area is 106 Å². The number of hydrogen-bond donors (Lipinski definition) is 1. The molecule has 2 aliphatic rings. The molecule has 2 atom stereocenters. The van der Waals surface area contributed by atoms with Crippen molar-refractivity contribution in [3.63, 3.8) is 0 Å². The van der Waals surface area contributed by atoms with E-state index in [0.29, 0.717) is 5.54 Å². The van der Waals surface area contributed by atoms with Crippen LogP contribution in [-0.4, -0.2) is 55.1 Å². The van der Waals surface area contributed by atoms with Gasteiger partial charge in [-0.2, -0.15) is 0 Å². The second-order valence-corrected chi connectivity index (χ2v) is 6.66. The zero-order valence-electron chi connectivity index (χ0n) is 11.8. The molecule has 0 amide bonds. The van der Waals surface area contributed by atoms with Gasteiger partial charge in [-0.3, -0.25) is 9.80 Å². The lowest BCUT2D eigenvalue weighted by atomic mass is 9.93. The molecule has 0 spiro atoms. The molecule has 0 bridgehead atoms. The van der Waals surface area contributed by atoms with Crippen LogP contribution < -0.4 is 5.73 Å². The first-order chi connectivity index (χ1) is 8.03. The van der Waals surface area contributed by atoms with Crippen molar-refractivity contribution in [2.24, 2.45) is 17.6 Å². The van der Waals surface area contributed by atoms with Gasteiger partial charge in [-0.25, -0.2) is 0 Å². The maximum atomic E-state index is 5.88. The van der Waals surface area contributed by atoms with Gasteiger partial charge in [0.05, 0.1) is 0 Å². The van der Waals surface area contributed by atoms with Crippen molar-refractivity contribution in [3.8, 4) is 0 Å². The van der Waals surface area contributed by atoms with Gasteiger partial charge >= 0.3 is 0 Å². The van der Waals surface area contributed by atoms with Crippen LogP contribution in [0.2, 0.25) is 0 Å². The minimum Gasteiger partial charge on any atom is -0.330 e. The number of nitrogens with two attached hydrogens (primary N) is 1. The molecule has 0 aromatic heterocycles. The highest BCUT2D eigenvalue weighted by Gasteiger charge is 2.34. The summed E-state index contributed by atoms with van der Waals surface area (Å²) in [5.74, 6) is 1.65. The molecule has 1 saturated heterocycles. The summed E-state index contributed by atoms with van der Waals surface area (Å²) in [6.07, 6.45) is 4.15. The second kappa shape index (κ2) is 5.25. The molecule has 2 rings (SSSR count). The average Bonchev–Trinajstić information content (AvgIpc) is 2.70. The lowest BCUT2D eigenvalue weighted by Gasteiger charge is -2.46. The predicted molar refractivity (Wildman–Crippen MR) is 73.0 cm³/mol. The normalized spacial score (nSPS) is 35.3. The van der Waals surface area contributed by atoms with Crippen LogP contribution in [0.25, 0.3) is 0 Å². The molecular weight excluding hydrogens is 210 g/mol. The van der Waals surface area contributed by atoms with E-state index in [1.807, 2.05) is 0 Å². The molecule has 1 heterocycles. The molecule has 1 aliphatic carbocycles. The molecule has 3 heteroatoms. The molecule has 100 valence electrons.